The molecule has 1 amide bonds. The summed E-state index contributed by atoms with van der Waals surface area (Å²) in [6.07, 6.45) is 5.28. The third kappa shape index (κ3) is 2.64. The van der Waals surface area contributed by atoms with Crippen LogP contribution in [-0.2, 0) is 4.79 Å². The van der Waals surface area contributed by atoms with Crippen LogP contribution < -0.4 is 5.32 Å². The molecule has 1 fully saturated rings. The summed E-state index contributed by atoms with van der Waals surface area (Å²) in [5.74, 6) is 0.678. The van der Waals surface area contributed by atoms with Crippen molar-refractivity contribution in [3.05, 3.63) is 28.2 Å². The first-order valence-corrected chi connectivity index (χ1v) is 6.53. The topological polar surface area (TPSA) is 29.1 Å². The number of carbonyl (C=O) groups is 1. The van der Waals surface area contributed by atoms with Crippen molar-refractivity contribution in [1.29, 1.82) is 0 Å². The van der Waals surface area contributed by atoms with Gasteiger partial charge in [-0.05, 0) is 52.4 Å². The molecule has 0 aromatic heterocycles. The molecular formula is C13H16BrNO. The van der Waals surface area contributed by atoms with E-state index in [4.69, 9.17) is 0 Å². The zero-order valence-corrected chi connectivity index (χ0v) is 11.0. The summed E-state index contributed by atoms with van der Waals surface area (Å²) >= 11 is 3.51. The Bertz CT molecular complexity index is 397. The molecule has 0 spiro atoms. The predicted molar refractivity (Wildman–Crippen MR) is 69.7 cm³/mol. The average Bonchev–Trinajstić information content (AvgIpc) is 2.73. The van der Waals surface area contributed by atoms with E-state index in [9.17, 15) is 4.79 Å². The molecule has 1 N–H and O–H groups in total. The first-order valence-electron chi connectivity index (χ1n) is 5.74. The standard InChI is InChI=1S/C13H16BrNO/c1-9(16)15-13-7-6-11(8-12(13)14)10-4-2-3-5-10/h6-8,10H,2-5H2,1H3,(H,15,16). The average molecular weight is 282 g/mol. The molecule has 0 bridgehead atoms. The van der Waals surface area contributed by atoms with Crippen LogP contribution in [0.3, 0.4) is 0 Å². The Morgan fingerprint density at radius 1 is 1.38 bits per heavy atom. The van der Waals surface area contributed by atoms with Crippen molar-refractivity contribution in [3.63, 3.8) is 0 Å². The van der Waals surface area contributed by atoms with Gasteiger partial charge in [-0.15, -0.1) is 0 Å². The van der Waals surface area contributed by atoms with E-state index in [1.165, 1.54) is 38.2 Å². The summed E-state index contributed by atoms with van der Waals surface area (Å²) in [7, 11) is 0. The number of hydrogen-bond donors (Lipinski definition) is 1. The van der Waals surface area contributed by atoms with E-state index in [2.05, 4.69) is 33.4 Å². The summed E-state index contributed by atoms with van der Waals surface area (Å²) < 4.78 is 0.979. The number of amides is 1. The molecular weight excluding hydrogens is 266 g/mol. The minimum atomic E-state index is -0.0330. The lowest BCUT2D eigenvalue weighted by Crippen LogP contribution is -2.06. The van der Waals surface area contributed by atoms with Gasteiger partial charge in [-0.3, -0.25) is 4.79 Å². The maximum Gasteiger partial charge on any atom is 0.221 e. The maximum absolute atomic E-state index is 11.0. The smallest absolute Gasteiger partial charge is 0.221 e. The third-order valence-electron chi connectivity index (χ3n) is 3.13. The van der Waals surface area contributed by atoms with Gasteiger partial charge in [-0.2, -0.15) is 0 Å². The van der Waals surface area contributed by atoms with Crippen LogP contribution in [0.1, 0.15) is 44.1 Å². The number of hydrogen-bond acceptors (Lipinski definition) is 1. The summed E-state index contributed by atoms with van der Waals surface area (Å²) in [6, 6.07) is 6.26. The van der Waals surface area contributed by atoms with Crippen LogP contribution in [0.15, 0.2) is 22.7 Å². The number of anilines is 1. The van der Waals surface area contributed by atoms with E-state index in [0.717, 1.165) is 10.2 Å². The van der Waals surface area contributed by atoms with E-state index < -0.39 is 0 Å². The molecule has 1 aromatic carbocycles. The fourth-order valence-corrected chi connectivity index (χ4v) is 2.83. The van der Waals surface area contributed by atoms with Gasteiger partial charge in [0.05, 0.1) is 5.69 Å². The molecule has 0 atom stereocenters. The Kier molecular flexibility index (Phi) is 3.64. The highest BCUT2D eigenvalue weighted by atomic mass is 79.9. The Balaban J connectivity index is 2.18. The molecule has 2 rings (SSSR count). The van der Waals surface area contributed by atoms with Gasteiger partial charge in [0.15, 0.2) is 0 Å². The van der Waals surface area contributed by atoms with Gasteiger partial charge in [-0.25, -0.2) is 0 Å². The predicted octanol–water partition coefficient (Wildman–Crippen LogP) is 4.07. The van der Waals surface area contributed by atoms with E-state index in [-0.39, 0.29) is 5.91 Å². The van der Waals surface area contributed by atoms with Gasteiger partial charge >= 0.3 is 0 Å². The minimum absolute atomic E-state index is 0.0330. The molecule has 0 saturated heterocycles. The lowest BCUT2D eigenvalue weighted by Gasteiger charge is -2.12. The molecule has 86 valence electrons. The van der Waals surface area contributed by atoms with Crippen molar-refractivity contribution < 1.29 is 4.79 Å². The van der Waals surface area contributed by atoms with Crippen molar-refractivity contribution in [2.75, 3.05) is 5.32 Å². The summed E-state index contributed by atoms with van der Waals surface area (Å²) in [6.45, 7) is 1.53. The molecule has 1 aliphatic rings. The number of benzene rings is 1. The molecule has 2 nitrogen and oxygen atoms in total. The molecule has 0 aliphatic heterocycles. The molecule has 1 saturated carbocycles. The van der Waals surface area contributed by atoms with E-state index >= 15 is 0 Å². The van der Waals surface area contributed by atoms with Crippen LogP contribution in [0.2, 0.25) is 0 Å². The minimum Gasteiger partial charge on any atom is -0.325 e. The molecule has 0 heterocycles. The molecule has 0 radical (unpaired) electrons. The van der Waals surface area contributed by atoms with Crippen molar-refractivity contribution in [2.24, 2.45) is 0 Å². The van der Waals surface area contributed by atoms with Crippen LogP contribution in [0.5, 0.6) is 0 Å². The zero-order chi connectivity index (χ0) is 11.5. The highest BCUT2D eigenvalue weighted by molar-refractivity contribution is 9.10. The van der Waals surface area contributed by atoms with E-state index in [0.29, 0.717) is 5.92 Å². The Morgan fingerprint density at radius 2 is 2.06 bits per heavy atom. The largest absolute Gasteiger partial charge is 0.325 e. The van der Waals surface area contributed by atoms with Gasteiger partial charge < -0.3 is 5.32 Å². The van der Waals surface area contributed by atoms with Gasteiger partial charge in [0.2, 0.25) is 5.91 Å². The number of rotatable bonds is 2. The normalized spacial score (nSPS) is 16.4. The second-order valence-electron chi connectivity index (χ2n) is 4.40. The number of halogens is 1. The van der Waals surface area contributed by atoms with Crippen LogP contribution in [0.4, 0.5) is 5.69 Å². The van der Waals surface area contributed by atoms with Crippen LogP contribution in [-0.4, -0.2) is 5.91 Å². The first kappa shape index (κ1) is 11.6. The fraction of sp³-hybridized carbons (Fsp3) is 0.462. The Morgan fingerprint density at radius 3 is 2.62 bits per heavy atom. The maximum atomic E-state index is 11.0. The van der Waals surface area contributed by atoms with Crippen molar-refractivity contribution >= 4 is 27.5 Å². The summed E-state index contributed by atoms with van der Waals surface area (Å²) in [4.78, 5) is 11.0. The second-order valence-corrected chi connectivity index (χ2v) is 5.26. The third-order valence-corrected chi connectivity index (χ3v) is 3.79. The van der Waals surface area contributed by atoms with Gasteiger partial charge in [0, 0.05) is 11.4 Å². The number of nitrogens with one attached hydrogen (secondary N) is 1. The van der Waals surface area contributed by atoms with Crippen molar-refractivity contribution in [2.45, 2.75) is 38.5 Å². The second kappa shape index (κ2) is 5.00. The van der Waals surface area contributed by atoms with Gasteiger partial charge in [-0.1, -0.05) is 18.9 Å². The Labute approximate surface area is 105 Å². The van der Waals surface area contributed by atoms with Crippen LogP contribution >= 0.6 is 15.9 Å². The molecule has 16 heavy (non-hydrogen) atoms. The first-order chi connectivity index (χ1) is 7.66. The molecule has 1 aromatic rings. The lowest BCUT2D eigenvalue weighted by atomic mass is 9.97. The molecule has 1 aliphatic carbocycles. The molecule has 3 heteroatoms. The zero-order valence-electron chi connectivity index (χ0n) is 9.42. The van der Waals surface area contributed by atoms with Crippen molar-refractivity contribution in [3.8, 4) is 0 Å². The highest BCUT2D eigenvalue weighted by Gasteiger charge is 2.17. The summed E-state index contributed by atoms with van der Waals surface area (Å²) in [5.41, 5.74) is 2.24. The quantitative estimate of drug-likeness (QED) is 0.870. The van der Waals surface area contributed by atoms with Crippen LogP contribution in [0, 0.1) is 0 Å². The lowest BCUT2D eigenvalue weighted by molar-refractivity contribution is -0.114. The van der Waals surface area contributed by atoms with Gasteiger partial charge in [0.25, 0.3) is 0 Å². The van der Waals surface area contributed by atoms with E-state index in [1.54, 1.807) is 0 Å². The number of carbonyl (C=O) groups excluding carboxylic acids is 1. The summed E-state index contributed by atoms with van der Waals surface area (Å²) in [5, 5.41) is 2.81. The highest BCUT2D eigenvalue weighted by Crippen LogP contribution is 2.36. The Hall–Kier alpha value is -0.830. The van der Waals surface area contributed by atoms with Crippen LogP contribution in [0.25, 0.3) is 0 Å². The molecule has 0 unspecified atom stereocenters. The van der Waals surface area contributed by atoms with Crippen molar-refractivity contribution in [1.82, 2.24) is 0 Å². The fourth-order valence-electron chi connectivity index (χ4n) is 2.34. The SMILES string of the molecule is CC(=O)Nc1ccc(C2CCCC2)cc1Br. The van der Waals surface area contributed by atoms with Gasteiger partial charge in [0.1, 0.15) is 0 Å². The van der Waals surface area contributed by atoms with E-state index in [1.807, 2.05) is 6.07 Å². The monoisotopic (exact) mass is 281 g/mol.